The van der Waals surface area contributed by atoms with E-state index in [0.29, 0.717) is 60.2 Å². The summed E-state index contributed by atoms with van der Waals surface area (Å²) in [6.07, 6.45) is 6.74. The number of aryl methyl sites for hydroxylation is 1. The van der Waals surface area contributed by atoms with Crippen LogP contribution in [0.5, 0.6) is 5.75 Å². The lowest BCUT2D eigenvalue weighted by atomic mass is 10.1. The molecule has 0 unspecified atom stereocenters. The largest absolute Gasteiger partial charge is 0.483 e. The monoisotopic (exact) mass is 662 g/mol. The van der Waals surface area contributed by atoms with Gasteiger partial charge in [-0.15, -0.1) is 0 Å². The van der Waals surface area contributed by atoms with Crippen LogP contribution in [0.25, 0.3) is 16.9 Å². The SMILES string of the molecule is Cc1cc(Nc2nccn3c(-c4ccc(OCC#N)c(F)c4Cl)cnc23)ccc1C(=O)N1CCN(C(=O)[C@@H]2CCCN2)CC1.O=CO. The summed E-state index contributed by atoms with van der Waals surface area (Å²) in [7, 11) is 0. The van der Waals surface area contributed by atoms with E-state index in [2.05, 4.69) is 20.6 Å². The molecule has 2 aromatic carbocycles. The number of halogens is 2. The molecule has 2 fully saturated rings. The summed E-state index contributed by atoms with van der Waals surface area (Å²) in [5.74, 6) is -0.343. The van der Waals surface area contributed by atoms with Crippen molar-refractivity contribution in [1.82, 2.24) is 29.5 Å². The van der Waals surface area contributed by atoms with Crippen LogP contribution in [0.3, 0.4) is 0 Å². The maximum absolute atomic E-state index is 14.8. The highest BCUT2D eigenvalue weighted by atomic mass is 35.5. The van der Waals surface area contributed by atoms with Crippen molar-refractivity contribution < 1.29 is 28.6 Å². The normalized spacial score (nSPS) is 15.8. The lowest BCUT2D eigenvalue weighted by Crippen LogP contribution is -2.54. The number of nitrogens with zero attached hydrogens (tertiary/aromatic N) is 6. The Balaban J connectivity index is 0.00000139. The lowest BCUT2D eigenvalue weighted by Gasteiger charge is -2.36. The molecule has 47 heavy (non-hydrogen) atoms. The van der Waals surface area contributed by atoms with Gasteiger partial charge in [-0.2, -0.15) is 5.26 Å². The van der Waals surface area contributed by atoms with Crippen molar-refractivity contribution in [1.29, 1.82) is 5.26 Å². The molecule has 2 aliphatic heterocycles. The molecule has 2 amide bonds. The first kappa shape index (κ1) is 33.1. The number of piperazine rings is 1. The number of fused-ring (bicyclic) bond motifs is 1. The van der Waals surface area contributed by atoms with E-state index in [1.807, 2.05) is 24.0 Å². The van der Waals surface area contributed by atoms with E-state index >= 15 is 0 Å². The van der Waals surface area contributed by atoms with Crippen LogP contribution in [0, 0.1) is 24.1 Å². The molecule has 3 N–H and O–H groups in total. The Bertz CT molecular complexity index is 1830. The second-order valence-electron chi connectivity index (χ2n) is 10.8. The Morgan fingerprint density at radius 1 is 1.21 bits per heavy atom. The summed E-state index contributed by atoms with van der Waals surface area (Å²) >= 11 is 6.34. The van der Waals surface area contributed by atoms with Gasteiger partial charge in [-0.25, -0.2) is 14.4 Å². The first-order valence-electron chi connectivity index (χ1n) is 14.8. The van der Waals surface area contributed by atoms with Crippen LogP contribution in [-0.4, -0.2) is 92.9 Å². The molecular formula is C32H32ClFN8O5. The fourth-order valence-corrected chi connectivity index (χ4v) is 5.94. The van der Waals surface area contributed by atoms with Crippen LogP contribution >= 0.6 is 11.6 Å². The molecule has 1 atom stereocenters. The molecule has 2 aliphatic rings. The van der Waals surface area contributed by atoms with Crippen molar-refractivity contribution >= 4 is 47.0 Å². The number of carboxylic acid groups (broad SMARTS) is 1. The molecule has 4 aromatic rings. The maximum atomic E-state index is 14.8. The van der Waals surface area contributed by atoms with Gasteiger partial charge in [0, 0.05) is 55.4 Å². The number of anilines is 2. The summed E-state index contributed by atoms with van der Waals surface area (Å²) < 4.78 is 21.7. The van der Waals surface area contributed by atoms with Gasteiger partial charge in [0.05, 0.1) is 23.0 Å². The topological polar surface area (TPSA) is 165 Å². The average molecular weight is 663 g/mol. The van der Waals surface area contributed by atoms with Gasteiger partial charge in [-0.3, -0.25) is 18.8 Å². The predicted octanol–water partition coefficient (Wildman–Crippen LogP) is 3.88. The fourth-order valence-electron chi connectivity index (χ4n) is 5.69. The number of hydrogen-bond acceptors (Lipinski definition) is 9. The van der Waals surface area contributed by atoms with Crippen LogP contribution in [0.2, 0.25) is 5.02 Å². The number of nitrogens with one attached hydrogen (secondary N) is 2. The van der Waals surface area contributed by atoms with Gasteiger partial charge >= 0.3 is 0 Å². The number of benzene rings is 2. The average Bonchev–Trinajstić information content (AvgIpc) is 3.77. The number of ether oxygens (including phenoxy) is 1. The predicted molar refractivity (Wildman–Crippen MR) is 171 cm³/mol. The summed E-state index contributed by atoms with van der Waals surface area (Å²) in [5.41, 5.74) is 3.54. The number of carbonyl (C=O) groups excluding carboxylic acids is 2. The van der Waals surface area contributed by atoms with Gasteiger partial charge in [0.2, 0.25) is 5.91 Å². The van der Waals surface area contributed by atoms with Crippen molar-refractivity contribution in [2.45, 2.75) is 25.8 Å². The van der Waals surface area contributed by atoms with Crippen molar-refractivity contribution in [3.05, 3.63) is 70.9 Å². The first-order chi connectivity index (χ1) is 22.8. The van der Waals surface area contributed by atoms with Crippen LogP contribution < -0.4 is 15.4 Å². The molecule has 2 saturated heterocycles. The smallest absolute Gasteiger partial charge is 0.290 e. The van der Waals surface area contributed by atoms with Gasteiger partial charge < -0.3 is 30.3 Å². The van der Waals surface area contributed by atoms with Gasteiger partial charge in [0.25, 0.3) is 12.4 Å². The quantitative estimate of drug-likeness (QED) is 0.247. The van der Waals surface area contributed by atoms with Crippen LogP contribution in [0.4, 0.5) is 15.9 Å². The third kappa shape index (κ3) is 7.11. The van der Waals surface area contributed by atoms with E-state index in [9.17, 15) is 14.0 Å². The lowest BCUT2D eigenvalue weighted by molar-refractivity contribution is -0.134. The molecule has 0 spiro atoms. The minimum atomic E-state index is -0.761. The molecule has 4 heterocycles. The Morgan fingerprint density at radius 2 is 1.96 bits per heavy atom. The number of carbonyl (C=O) groups is 3. The standard InChI is InChI=1S/C31H30ClFN8O3.CH2O2/c1-19-17-20(4-5-21(19)30(42)39-12-14-40(15-13-39)31(43)23-3-2-9-35-23)38-28-29-37-18-24(41(29)11-10-36-28)22-6-7-25(44-16-8-34)27(33)26(22)32;2-1-3/h4-7,10-11,17-18,23,35H,2-3,9,12-16H2,1H3,(H,36,38);1H,(H,2,3)/t23-;/m0./s1. The molecule has 0 radical (unpaired) electrons. The first-order valence-corrected chi connectivity index (χ1v) is 15.2. The minimum Gasteiger partial charge on any atom is -0.483 e. The highest BCUT2D eigenvalue weighted by Gasteiger charge is 2.31. The second kappa shape index (κ2) is 14.9. The molecule has 13 nitrogen and oxygen atoms in total. The number of aromatic nitrogens is 3. The minimum absolute atomic E-state index is 0.0635. The van der Waals surface area contributed by atoms with Gasteiger partial charge in [0.15, 0.2) is 29.6 Å². The Hall–Kier alpha value is -5.26. The van der Waals surface area contributed by atoms with Crippen molar-refractivity contribution in [3.63, 3.8) is 0 Å². The van der Waals surface area contributed by atoms with E-state index < -0.39 is 5.82 Å². The number of amides is 2. The molecule has 0 aliphatic carbocycles. The highest BCUT2D eigenvalue weighted by Crippen LogP contribution is 2.36. The van der Waals surface area contributed by atoms with Gasteiger partial charge in [0.1, 0.15) is 6.07 Å². The van der Waals surface area contributed by atoms with Crippen molar-refractivity contribution in [2.75, 3.05) is 44.6 Å². The zero-order valence-electron chi connectivity index (χ0n) is 25.4. The van der Waals surface area contributed by atoms with E-state index in [4.69, 9.17) is 31.5 Å². The van der Waals surface area contributed by atoms with E-state index in [-0.39, 0.29) is 41.7 Å². The molecule has 0 bridgehead atoms. The molecule has 6 rings (SSSR count). The van der Waals surface area contributed by atoms with Crippen molar-refractivity contribution in [3.8, 4) is 23.1 Å². The van der Waals surface area contributed by atoms with E-state index in [1.165, 1.54) is 6.07 Å². The van der Waals surface area contributed by atoms with Crippen LogP contribution in [-0.2, 0) is 9.59 Å². The van der Waals surface area contributed by atoms with Crippen LogP contribution in [0.15, 0.2) is 48.9 Å². The molecule has 15 heteroatoms. The summed E-state index contributed by atoms with van der Waals surface area (Å²) in [6, 6.07) is 10.2. The van der Waals surface area contributed by atoms with Gasteiger partial charge in [-0.1, -0.05) is 11.6 Å². The zero-order valence-corrected chi connectivity index (χ0v) is 26.2. The zero-order chi connectivity index (χ0) is 33.5. The highest BCUT2D eigenvalue weighted by molar-refractivity contribution is 6.33. The van der Waals surface area contributed by atoms with Crippen molar-refractivity contribution in [2.24, 2.45) is 0 Å². The molecule has 0 saturated carbocycles. The fraction of sp³-hybridized carbons (Fsp3) is 0.312. The Morgan fingerprint density at radius 3 is 2.64 bits per heavy atom. The molecular weight excluding hydrogens is 631 g/mol. The third-order valence-corrected chi connectivity index (χ3v) is 8.37. The summed E-state index contributed by atoms with van der Waals surface area (Å²) in [4.78, 5) is 47.0. The number of hydrogen-bond donors (Lipinski definition) is 3. The summed E-state index contributed by atoms with van der Waals surface area (Å²) in [6.45, 7) is 4.25. The number of imidazole rings is 1. The number of rotatable bonds is 7. The van der Waals surface area contributed by atoms with E-state index in [1.54, 1.807) is 46.1 Å². The molecule has 244 valence electrons. The number of nitriles is 1. The van der Waals surface area contributed by atoms with Gasteiger partial charge in [-0.05, 0) is 62.2 Å². The second-order valence-corrected chi connectivity index (χ2v) is 11.2. The summed E-state index contributed by atoms with van der Waals surface area (Å²) in [5, 5.41) is 22.0. The Labute approximate surface area is 274 Å². The molecule has 2 aromatic heterocycles. The van der Waals surface area contributed by atoms with E-state index in [0.717, 1.165) is 24.9 Å². The Kier molecular flexibility index (Phi) is 10.5. The third-order valence-electron chi connectivity index (χ3n) is 8.00. The maximum Gasteiger partial charge on any atom is 0.290 e. The van der Waals surface area contributed by atoms with Crippen LogP contribution in [0.1, 0.15) is 28.8 Å².